The lowest BCUT2D eigenvalue weighted by molar-refractivity contribution is 0.563. The molecule has 0 atom stereocenters. The molecule has 0 unspecified atom stereocenters. The van der Waals surface area contributed by atoms with Gasteiger partial charge in [0.1, 0.15) is 11.3 Å². The van der Waals surface area contributed by atoms with Gasteiger partial charge in [-0.15, -0.1) is 0 Å². The highest BCUT2D eigenvalue weighted by Gasteiger charge is 2.03. The first-order valence-electron chi connectivity index (χ1n) is 6.53. The molecule has 96 valence electrons. The second-order valence-electron chi connectivity index (χ2n) is 4.67. The van der Waals surface area contributed by atoms with Crippen LogP contribution in [0.15, 0.2) is 33.5 Å². The van der Waals surface area contributed by atoms with Crippen LogP contribution in [0.3, 0.4) is 0 Å². The lowest BCUT2D eigenvalue weighted by Gasteiger charge is -2.03. The monoisotopic (exact) mass is 245 g/mol. The van der Waals surface area contributed by atoms with Crippen LogP contribution in [0.5, 0.6) is 0 Å². The number of unbranched alkanes of at least 4 members (excludes halogenated alkanes) is 3. The van der Waals surface area contributed by atoms with Gasteiger partial charge in [0.05, 0.1) is 0 Å². The van der Waals surface area contributed by atoms with Crippen molar-refractivity contribution < 1.29 is 4.42 Å². The quantitative estimate of drug-likeness (QED) is 0.648. The van der Waals surface area contributed by atoms with Gasteiger partial charge in [-0.2, -0.15) is 0 Å². The number of nitrogens with two attached hydrogens (primary N) is 1. The molecule has 1 heterocycles. The first-order chi connectivity index (χ1) is 8.70. The van der Waals surface area contributed by atoms with Gasteiger partial charge < -0.3 is 10.2 Å². The van der Waals surface area contributed by atoms with E-state index in [4.69, 9.17) is 10.2 Å². The van der Waals surface area contributed by atoms with Gasteiger partial charge in [0.15, 0.2) is 0 Å². The second-order valence-corrected chi connectivity index (χ2v) is 4.67. The maximum absolute atomic E-state index is 11.4. The summed E-state index contributed by atoms with van der Waals surface area (Å²) in [6, 6.07) is 7.65. The van der Waals surface area contributed by atoms with Crippen molar-refractivity contribution in [3.8, 4) is 0 Å². The van der Waals surface area contributed by atoms with Crippen LogP contribution in [0.25, 0.3) is 11.0 Å². The van der Waals surface area contributed by atoms with E-state index in [-0.39, 0.29) is 5.69 Å². The van der Waals surface area contributed by atoms with Crippen molar-refractivity contribution in [3.05, 3.63) is 40.2 Å². The van der Waals surface area contributed by atoms with E-state index in [1.54, 1.807) is 6.07 Å². The van der Waals surface area contributed by atoms with Crippen molar-refractivity contribution in [2.75, 3.05) is 5.73 Å². The van der Waals surface area contributed by atoms with E-state index in [2.05, 4.69) is 13.0 Å². The van der Waals surface area contributed by atoms with Gasteiger partial charge in [0, 0.05) is 5.39 Å². The van der Waals surface area contributed by atoms with E-state index in [9.17, 15) is 4.79 Å². The summed E-state index contributed by atoms with van der Waals surface area (Å²) >= 11 is 0. The van der Waals surface area contributed by atoms with Crippen LogP contribution in [0.2, 0.25) is 0 Å². The van der Waals surface area contributed by atoms with Gasteiger partial charge in [0.2, 0.25) is 0 Å². The molecule has 0 spiro atoms. The summed E-state index contributed by atoms with van der Waals surface area (Å²) in [6.45, 7) is 2.20. The Hall–Kier alpha value is -1.77. The van der Waals surface area contributed by atoms with Crippen molar-refractivity contribution in [3.63, 3.8) is 0 Å². The molecular weight excluding hydrogens is 226 g/mol. The Morgan fingerprint density at radius 2 is 2.00 bits per heavy atom. The Morgan fingerprint density at radius 1 is 1.17 bits per heavy atom. The zero-order valence-electron chi connectivity index (χ0n) is 10.7. The minimum Gasteiger partial charge on any atom is -0.421 e. The van der Waals surface area contributed by atoms with E-state index < -0.39 is 5.63 Å². The van der Waals surface area contributed by atoms with Gasteiger partial charge in [0.25, 0.3) is 0 Å². The largest absolute Gasteiger partial charge is 0.421 e. The van der Waals surface area contributed by atoms with Crippen LogP contribution < -0.4 is 11.4 Å². The lowest BCUT2D eigenvalue weighted by Crippen LogP contribution is -2.05. The molecule has 0 saturated carbocycles. The highest BCUT2D eigenvalue weighted by Crippen LogP contribution is 2.18. The van der Waals surface area contributed by atoms with Crippen LogP contribution in [0.4, 0.5) is 5.69 Å². The van der Waals surface area contributed by atoms with Crippen molar-refractivity contribution in [2.45, 2.75) is 39.0 Å². The summed E-state index contributed by atoms with van der Waals surface area (Å²) in [7, 11) is 0. The molecular formula is C15H19NO2. The molecule has 0 aliphatic rings. The number of fused-ring (bicyclic) bond motifs is 1. The highest BCUT2D eigenvalue weighted by molar-refractivity contribution is 5.79. The summed E-state index contributed by atoms with van der Waals surface area (Å²) in [6.07, 6.45) is 5.98. The zero-order chi connectivity index (χ0) is 13.0. The van der Waals surface area contributed by atoms with Gasteiger partial charge in [-0.05, 0) is 30.5 Å². The number of hydrogen-bond acceptors (Lipinski definition) is 3. The fourth-order valence-corrected chi connectivity index (χ4v) is 2.08. The molecule has 3 nitrogen and oxygen atoms in total. The number of rotatable bonds is 5. The molecule has 0 radical (unpaired) electrons. The van der Waals surface area contributed by atoms with Crippen molar-refractivity contribution >= 4 is 16.7 Å². The molecule has 0 fully saturated rings. The molecule has 0 aliphatic heterocycles. The maximum Gasteiger partial charge on any atom is 0.359 e. The maximum atomic E-state index is 11.4. The third-order valence-corrected chi connectivity index (χ3v) is 3.15. The van der Waals surface area contributed by atoms with Crippen molar-refractivity contribution in [1.29, 1.82) is 0 Å². The summed E-state index contributed by atoms with van der Waals surface area (Å²) in [5.41, 5.74) is 7.08. The van der Waals surface area contributed by atoms with E-state index in [1.807, 2.05) is 12.1 Å². The standard InChI is InChI=1S/C15H19NO2/c1-2-3-4-5-6-11-7-8-12-10-13(16)15(17)18-14(12)9-11/h7-10H,2-6,16H2,1H3. The van der Waals surface area contributed by atoms with Crippen molar-refractivity contribution in [1.82, 2.24) is 0 Å². The molecule has 2 rings (SSSR count). The van der Waals surface area contributed by atoms with Crippen LogP contribution in [-0.4, -0.2) is 0 Å². The SMILES string of the molecule is CCCCCCc1ccc2cc(N)c(=O)oc2c1. The van der Waals surface area contributed by atoms with Gasteiger partial charge in [-0.3, -0.25) is 0 Å². The number of nitrogen functional groups attached to an aromatic ring is 1. The van der Waals surface area contributed by atoms with Crippen LogP contribution in [0, 0.1) is 0 Å². The predicted octanol–water partition coefficient (Wildman–Crippen LogP) is 3.50. The molecule has 18 heavy (non-hydrogen) atoms. The minimum atomic E-state index is -0.453. The van der Waals surface area contributed by atoms with Crippen LogP contribution in [-0.2, 0) is 6.42 Å². The first kappa shape index (κ1) is 12.7. The Bertz CT molecular complexity index is 587. The Balaban J connectivity index is 2.17. The van der Waals surface area contributed by atoms with Gasteiger partial charge in [-0.25, -0.2) is 4.79 Å². The lowest BCUT2D eigenvalue weighted by atomic mass is 10.0. The van der Waals surface area contributed by atoms with Crippen LogP contribution >= 0.6 is 0 Å². The Labute approximate surface area is 107 Å². The molecule has 2 N–H and O–H groups in total. The predicted molar refractivity (Wildman–Crippen MR) is 74.7 cm³/mol. The average molecular weight is 245 g/mol. The molecule has 1 aromatic heterocycles. The molecule has 0 saturated heterocycles. The molecule has 0 amide bonds. The van der Waals surface area contributed by atoms with E-state index in [1.165, 1.54) is 31.2 Å². The number of benzene rings is 1. The molecule has 1 aromatic carbocycles. The Morgan fingerprint density at radius 3 is 2.78 bits per heavy atom. The van der Waals surface area contributed by atoms with E-state index in [0.717, 1.165) is 11.8 Å². The number of aryl methyl sites for hydroxylation is 1. The molecule has 2 aromatic rings. The fraction of sp³-hybridized carbons (Fsp3) is 0.400. The average Bonchev–Trinajstić information content (AvgIpc) is 2.36. The highest BCUT2D eigenvalue weighted by atomic mass is 16.4. The fourth-order valence-electron chi connectivity index (χ4n) is 2.08. The zero-order valence-corrected chi connectivity index (χ0v) is 10.7. The second kappa shape index (κ2) is 5.71. The number of anilines is 1. The smallest absolute Gasteiger partial charge is 0.359 e. The summed E-state index contributed by atoms with van der Waals surface area (Å²) in [4.78, 5) is 11.4. The topological polar surface area (TPSA) is 56.2 Å². The normalized spacial score (nSPS) is 10.9. The van der Waals surface area contributed by atoms with Gasteiger partial charge >= 0.3 is 5.63 Å². The van der Waals surface area contributed by atoms with E-state index in [0.29, 0.717) is 5.58 Å². The summed E-state index contributed by atoms with van der Waals surface area (Å²) < 4.78 is 5.18. The molecule has 0 aliphatic carbocycles. The molecule has 3 heteroatoms. The minimum absolute atomic E-state index is 0.165. The van der Waals surface area contributed by atoms with E-state index >= 15 is 0 Å². The van der Waals surface area contributed by atoms with Crippen LogP contribution in [0.1, 0.15) is 38.2 Å². The number of hydrogen-bond donors (Lipinski definition) is 1. The van der Waals surface area contributed by atoms with Gasteiger partial charge in [-0.1, -0.05) is 38.3 Å². The summed E-state index contributed by atoms with van der Waals surface area (Å²) in [5, 5.41) is 0.879. The van der Waals surface area contributed by atoms with Crippen molar-refractivity contribution in [2.24, 2.45) is 0 Å². The molecule has 0 bridgehead atoms. The third-order valence-electron chi connectivity index (χ3n) is 3.15. The Kier molecular flexibility index (Phi) is 4.03. The third kappa shape index (κ3) is 2.92. The first-order valence-corrected chi connectivity index (χ1v) is 6.53. The summed E-state index contributed by atoms with van der Waals surface area (Å²) in [5.74, 6) is 0.